The van der Waals surface area contributed by atoms with Gasteiger partial charge < -0.3 is 9.47 Å². The smallest absolute Gasteiger partial charge is 0.148 e. The fourth-order valence-electron chi connectivity index (χ4n) is 1.44. The summed E-state index contributed by atoms with van der Waals surface area (Å²) in [4.78, 5) is 11.0. The second-order valence-electron chi connectivity index (χ2n) is 3.28. The van der Waals surface area contributed by atoms with Gasteiger partial charge in [-0.25, -0.2) is 0 Å². The summed E-state index contributed by atoms with van der Waals surface area (Å²) in [5, 5.41) is 0. The minimum absolute atomic E-state index is 0.0189. The molecule has 3 nitrogen and oxygen atoms in total. The van der Waals surface area contributed by atoms with Gasteiger partial charge in [-0.15, -0.1) is 0 Å². The molecule has 0 radical (unpaired) electrons. The highest BCUT2D eigenvalue weighted by molar-refractivity contribution is 9.09. The normalized spacial score (nSPS) is 12.0. The molecule has 0 N–H and O–H groups in total. The molecule has 0 fully saturated rings. The van der Waals surface area contributed by atoms with Gasteiger partial charge in [-0.1, -0.05) is 22.0 Å². The van der Waals surface area contributed by atoms with Crippen LogP contribution in [0.1, 0.15) is 24.2 Å². The number of hydrogen-bond acceptors (Lipinski definition) is 3. The number of ether oxygens (including phenoxy) is 2. The van der Waals surface area contributed by atoms with Gasteiger partial charge in [0.1, 0.15) is 22.1 Å². The van der Waals surface area contributed by atoms with Crippen LogP contribution >= 0.6 is 15.9 Å². The summed E-state index contributed by atoms with van der Waals surface area (Å²) < 4.78 is 10.7. The van der Waals surface area contributed by atoms with E-state index in [0.29, 0.717) is 18.1 Å². The van der Waals surface area contributed by atoms with E-state index in [4.69, 9.17) is 9.47 Å². The summed E-state index contributed by atoms with van der Waals surface area (Å²) in [7, 11) is 1.58. The largest absolute Gasteiger partial charge is 0.496 e. The van der Waals surface area contributed by atoms with Crippen molar-refractivity contribution in [3.05, 3.63) is 23.8 Å². The standard InChI is InChI=1S/C12H15BrO3/c1-4-16-10-7-5-6-9(15-3)11(10)12(13)8(2)14/h5-7,12H,4H2,1-3H3. The van der Waals surface area contributed by atoms with Crippen LogP contribution in [0, 0.1) is 0 Å². The van der Waals surface area contributed by atoms with Crippen LogP contribution in [-0.4, -0.2) is 19.5 Å². The third-order valence-electron chi connectivity index (χ3n) is 2.16. The lowest BCUT2D eigenvalue weighted by atomic mass is 10.1. The number of alkyl halides is 1. The summed E-state index contributed by atoms with van der Waals surface area (Å²) in [6, 6.07) is 5.49. The molecule has 0 bridgehead atoms. The molecular formula is C12H15BrO3. The van der Waals surface area contributed by atoms with Gasteiger partial charge in [0.25, 0.3) is 0 Å². The first-order valence-electron chi connectivity index (χ1n) is 5.06. The van der Waals surface area contributed by atoms with Crippen LogP contribution in [0.3, 0.4) is 0 Å². The Morgan fingerprint density at radius 2 is 2.06 bits per heavy atom. The molecule has 0 aliphatic rings. The van der Waals surface area contributed by atoms with Crippen molar-refractivity contribution in [2.75, 3.05) is 13.7 Å². The zero-order chi connectivity index (χ0) is 12.1. The summed E-state index contributed by atoms with van der Waals surface area (Å²) in [5.74, 6) is 1.35. The SMILES string of the molecule is CCOc1cccc(OC)c1C(Br)C(C)=O. The van der Waals surface area contributed by atoms with Gasteiger partial charge in [-0.3, -0.25) is 4.79 Å². The second kappa shape index (κ2) is 5.89. The van der Waals surface area contributed by atoms with Crippen LogP contribution in [0.5, 0.6) is 11.5 Å². The molecule has 0 aromatic heterocycles. The van der Waals surface area contributed by atoms with Crippen molar-refractivity contribution in [1.82, 2.24) is 0 Å². The lowest BCUT2D eigenvalue weighted by Gasteiger charge is -2.16. The first-order valence-corrected chi connectivity index (χ1v) is 5.97. The number of benzene rings is 1. The maximum absolute atomic E-state index is 11.4. The molecular weight excluding hydrogens is 272 g/mol. The number of hydrogen-bond donors (Lipinski definition) is 0. The molecule has 0 heterocycles. The van der Waals surface area contributed by atoms with Crippen LogP contribution < -0.4 is 9.47 Å². The van der Waals surface area contributed by atoms with E-state index in [1.165, 1.54) is 6.92 Å². The molecule has 1 rings (SSSR count). The van der Waals surface area contributed by atoms with Crippen molar-refractivity contribution in [3.8, 4) is 11.5 Å². The summed E-state index contributed by atoms with van der Waals surface area (Å²) in [6.07, 6.45) is 0. The molecule has 88 valence electrons. The fourth-order valence-corrected chi connectivity index (χ4v) is 1.89. The van der Waals surface area contributed by atoms with Gasteiger partial charge in [0.2, 0.25) is 0 Å². The number of halogens is 1. The van der Waals surface area contributed by atoms with Crippen LogP contribution in [0.2, 0.25) is 0 Å². The van der Waals surface area contributed by atoms with Crippen LogP contribution in [0.15, 0.2) is 18.2 Å². The van der Waals surface area contributed by atoms with Gasteiger partial charge >= 0.3 is 0 Å². The van der Waals surface area contributed by atoms with E-state index in [-0.39, 0.29) is 5.78 Å². The molecule has 16 heavy (non-hydrogen) atoms. The summed E-state index contributed by atoms with van der Waals surface area (Å²) in [5.41, 5.74) is 0.749. The zero-order valence-electron chi connectivity index (χ0n) is 9.62. The maximum Gasteiger partial charge on any atom is 0.148 e. The van der Waals surface area contributed by atoms with Gasteiger partial charge in [-0.2, -0.15) is 0 Å². The lowest BCUT2D eigenvalue weighted by molar-refractivity contribution is -0.116. The molecule has 1 atom stereocenters. The van der Waals surface area contributed by atoms with E-state index < -0.39 is 4.83 Å². The molecule has 1 aromatic carbocycles. The Kier molecular flexibility index (Phi) is 4.80. The molecule has 1 unspecified atom stereocenters. The third kappa shape index (κ3) is 2.76. The molecule has 0 spiro atoms. The van der Waals surface area contributed by atoms with Gasteiger partial charge in [0.15, 0.2) is 0 Å². The number of ketones is 1. The van der Waals surface area contributed by atoms with Gasteiger partial charge in [0, 0.05) is 0 Å². The Bertz CT molecular complexity index is 377. The molecule has 0 saturated carbocycles. The predicted octanol–water partition coefficient (Wildman–Crippen LogP) is 3.12. The van der Waals surface area contributed by atoms with Crippen molar-refractivity contribution in [2.45, 2.75) is 18.7 Å². The van der Waals surface area contributed by atoms with Gasteiger partial charge in [-0.05, 0) is 26.0 Å². The average Bonchev–Trinajstić information content (AvgIpc) is 2.28. The average molecular weight is 287 g/mol. The third-order valence-corrected chi connectivity index (χ3v) is 3.26. The van der Waals surface area contributed by atoms with E-state index in [1.807, 2.05) is 25.1 Å². The number of methoxy groups -OCH3 is 1. The Labute approximate surface area is 104 Å². The Balaban J connectivity index is 3.23. The minimum Gasteiger partial charge on any atom is -0.496 e. The number of Topliss-reactive ketones (excluding diaryl/α,β-unsaturated/α-hetero) is 1. The van der Waals surface area contributed by atoms with Crippen molar-refractivity contribution >= 4 is 21.7 Å². The fraction of sp³-hybridized carbons (Fsp3) is 0.417. The molecule has 4 heteroatoms. The molecule has 0 saturated heterocycles. The van der Waals surface area contributed by atoms with Crippen molar-refractivity contribution < 1.29 is 14.3 Å². The van der Waals surface area contributed by atoms with Crippen molar-refractivity contribution in [3.63, 3.8) is 0 Å². The monoisotopic (exact) mass is 286 g/mol. The first-order chi connectivity index (χ1) is 7.61. The lowest BCUT2D eigenvalue weighted by Crippen LogP contribution is -2.06. The Morgan fingerprint density at radius 1 is 1.44 bits per heavy atom. The van der Waals surface area contributed by atoms with Gasteiger partial charge in [0.05, 0.1) is 19.3 Å². The maximum atomic E-state index is 11.4. The molecule has 1 aromatic rings. The molecule has 0 aliphatic carbocycles. The van der Waals surface area contributed by atoms with Crippen LogP contribution in [-0.2, 0) is 4.79 Å². The molecule has 0 amide bonds. The topological polar surface area (TPSA) is 35.5 Å². The Hall–Kier alpha value is -1.03. The van der Waals surface area contributed by atoms with E-state index in [0.717, 1.165) is 5.56 Å². The second-order valence-corrected chi connectivity index (χ2v) is 4.19. The highest BCUT2D eigenvalue weighted by Gasteiger charge is 2.22. The van der Waals surface area contributed by atoms with Crippen LogP contribution in [0.4, 0.5) is 0 Å². The van der Waals surface area contributed by atoms with Crippen LogP contribution in [0.25, 0.3) is 0 Å². The first kappa shape index (κ1) is 13.0. The van der Waals surface area contributed by atoms with Crippen molar-refractivity contribution in [2.24, 2.45) is 0 Å². The highest BCUT2D eigenvalue weighted by atomic mass is 79.9. The Morgan fingerprint density at radius 3 is 2.56 bits per heavy atom. The zero-order valence-corrected chi connectivity index (χ0v) is 11.2. The van der Waals surface area contributed by atoms with E-state index in [2.05, 4.69) is 15.9 Å². The minimum atomic E-state index is -0.398. The van der Waals surface area contributed by atoms with E-state index >= 15 is 0 Å². The van der Waals surface area contributed by atoms with Crippen molar-refractivity contribution in [1.29, 1.82) is 0 Å². The number of carbonyl (C=O) groups is 1. The predicted molar refractivity (Wildman–Crippen MR) is 66.5 cm³/mol. The number of rotatable bonds is 5. The highest BCUT2D eigenvalue weighted by Crippen LogP contribution is 2.38. The van der Waals surface area contributed by atoms with E-state index in [1.54, 1.807) is 7.11 Å². The van der Waals surface area contributed by atoms with E-state index in [9.17, 15) is 4.79 Å². The quantitative estimate of drug-likeness (QED) is 0.780. The summed E-state index contributed by atoms with van der Waals surface area (Å²) >= 11 is 3.35. The molecule has 0 aliphatic heterocycles. The number of carbonyl (C=O) groups excluding carboxylic acids is 1. The summed E-state index contributed by atoms with van der Waals surface area (Å²) in [6.45, 7) is 3.99.